The van der Waals surface area contributed by atoms with E-state index in [-0.39, 0.29) is 18.2 Å². The Bertz CT molecular complexity index is 359. The molecule has 0 aromatic carbocycles. The molecule has 2 fully saturated rings. The molecule has 2 aliphatic rings. The first kappa shape index (κ1) is 15.4. The summed E-state index contributed by atoms with van der Waals surface area (Å²) in [6.45, 7) is 4.63. The van der Waals surface area contributed by atoms with E-state index >= 15 is 0 Å². The summed E-state index contributed by atoms with van der Waals surface area (Å²) in [4.78, 5) is 27.9. The van der Waals surface area contributed by atoms with E-state index in [9.17, 15) is 9.59 Å². The Morgan fingerprint density at radius 3 is 2.65 bits per heavy atom. The SMILES string of the molecule is CCOC(=O)CCC(=O)CN1CCC2CCC(C1)N2C. The molecular weight excluding hydrogens is 256 g/mol. The van der Waals surface area contributed by atoms with Crippen LogP contribution in [0.4, 0.5) is 0 Å². The third kappa shape index (κ3) is 4.03. The van der Waals surface area contributed by atoms with Crippen molar-refractivity contribution in [2.75, 3.05) is 33.3 Å². The van der Waals surface area contributed by atoms with Crippen molar-refractivity contribution >= 4 is 11.8 Å². The molecule has 0 saturated carbocycles. The van der Waals surface area contributed by atoms with E-state index in [4.69, 9.17) is 4.74 Å². The van der Waals surface area contributed by atoms with Crippen molar-refractivity contribution < 1.29 is 14.3 Å². The van der Waals surface area contributed by atoms with Gasteiger partial charge in [-0.25, -0.2) is 0 Å². The Morgan fingerprint density at radius 2 is 1.90 bits per heavy atom. The normalized spacial score (nSPS) is 27.3. The van der Waals surface area contributed by atoms with Gasteiger partial charge in [0.15, 0.2) is 0 Å². The zero-order valence-electron chi connectivity index (χ0n) is 12.6. The van der Waals surface area contributed by atoms with Gasteiger partial charge in [0.25, 0.3) is 0 Å². The van der Waals surface area contributed by atoms with Crippen LogP contribution in [0.1, 0.15) is 39.0 Å². The molecule has 0 radical (unpaired) electrons. The molecule has 20 heavy (non-hydrogen) atoms. The topological polar surface area (TPSA) is 49.9 Å². The molecular formula is C15H26N2O3. The van der Waals surface area contributed by atoms with E-state index in [1.807, 2.05) is 0 Å². The van der Waals surface area contributed by atoms with Gasteiger partial charge >= 0.3 is 5.97 Å². The molecule has 0 aliphatic carbocycles. The van der Waals surface area contributed by atoms with Gasteiger partial charge in [-0.05, 0) is 33.2 Å². The number of esters is 1. The largest absolute Gasteiger partial charge is 0.466 e. The highest BCUT2D eigenvalue weighted by Crippen LogP contribution is 2.28. The number of Topliss-reactive ketones (excluding diaryl/α,β-unsaturated/α-hetero) is 1. The van der Waals surface area contributed by atoms with Crippen molar-refractivity contribution in [2.24, 2.45) is 0 Å². The number of hydrogen-bond acceptors (Lipinski definition) is 5. The van der Waals surface area contributed by atoms with Gasteiger partial charge in [0.05, 0.1) is 19.6 Å². The average Bonchev–Trinajstić information content (AvgIpc) is 2.65. The number of ether oxygens (including phenoxy) is 1. The molecule has 2 unspecified atom stereocenters. The third-order valence-electron chi connectivity index (χ3n) is 4.55. The number of fused-ring (bicyclic) bond motifs is 2. The molecule has 2 bridgehead atoms. The van der Waals surface area contributed by atoms with E-state index in [2.05, 4.69) is 16.8 Å². The molecule has 114 valence electrons. The predicted octanol–water partition coefficient (Wildman–Crippen LogP) is 1.07. The zero-order chi connectivity index (χ0) is 14.5. The molecule has 0 N–H and O–H groups in total. The first-order chi connectivity index (χ1) is 9.60. The van der Waals surface area contributed by atoms with Crippen molar-refractivity contribution in [1.29, 1.82) is 0 Å². The van der Waals surface area contributed by atoms with E-state index < -0.39 is 0 Å². The molecule has 2 heterocycles. The maximum Gasteiger partial charge on any atom is 0.306 e. The van der Waals surface area contributed by atoms with E-state index in [1.165, 1.54) is 12.8 Å². The van der Waals surface area contributed by atoms with Gasteiger partial charge in [0.1, 0.15) is 5.78 Å². The van der Waals surface area contributed by atoms with Crippen LogP contribution in [-0.4, -0.2) is 66.9 Å². The summed E-state index contributed by atoms with van der Waals surface area (Å²) < 4.78 is 4.85. The van der Waals surface area contributed by atoms with Crippen LogP contribution in [0.2, 0.25) is 0 Å². The second-order valence-corrected chi connectivity index (χ2v) is 5.92. The summed E-state index contributed by atoms with van der Waals surface area (Å²) in [7, 11) is 2.20. The van der Waals surface area contributed by atoms with Crippen LogP contribution in [0, 0.1) is 0 Å². The zero-order valence-corrected chi connectivity index (χ0v) is 12.6. The van der Waals surface area contributed by atoms with Crippen LogP contribution in [-0.2, 0) is 14.3 Å². The van der Waals surface area contributed by atoms with E-state index in [0.717, 1.165) is 19.5 Å². The number of hydrogen-bond donors (Lipinski definition) is 0. The Kier molecular flexibility index (Phi) is 5.54. The van der Waals surface area contributed by atoms with Crippen molar-refractivity contribution in [2.45, 2.75) is 51.1 Å². The predicted molar refractivity (Wildman–Crippen MR) is 76.5 cm³/mol. The molecule has 0 aromatic heterocycles. The smallest absolute Gasteiger partial charge is 0.306 e. The summed E-state index contributed by atoms with van der Waals surface area (Å²) >= 11 is 0. The fraction of sp³-hybridized carbons (Fsp3) is 0.867. The van der Waals surface area contributed by atoms with Crippen LogP contribution in [0.25, 0.3) is 0 Å². The van der Waals surface area contributed by atoms with Crippen molar-refractivity contribution in [3.63, 3.8) is 0 Å². The molecule has 5 heteroatoms. The monoisotopic (exact) mass is 282 g/mol. The molecule has 2 atom stereocenters. The molecule has 5 nitrogen and oxygen atoms in total. The number of carbonyl (C=O) groups is 2. The minimum atomic E-state index is -0.268. The first-order valence-electron chi connectivity index (χ1n) is 7.71. The summed E-state index contributed by atoms with van der Waals surface area (Å²) in [5.41, 5.74) is 0. The standard InChI is InChI=1S/C15H26N2O3/c1-3-20-15(19)7-6-14(18)11-17-9-8-12-4-5-13(10-17)16(12)2/h12-13H,3-11H2,1-2H3. The Labute approximate surface area is 121 Å². The maximum absolute atomic E-state index is 12.0. The molecule has 0 aromatic rings. The summed E-state index contributed by atoms with van der Waals surface area (Å²) in [5, 5.41) is 0. The fourth-order valence-corrected chi connectivity index (χ4v) is 3.33. The Hall–Kier alpha value is -0.940. The first-order valence-corrected chi connectivity index (χ1v) is 7.71. The highest BCUT2D eigenvalue weighted by molar-refractivity contribution is 5.84. The summed E-state index contributed by atoms with van der Waals surface area (Å²) in [6.07, 6.45) is 4.21. The van der Waals surface area contributed by atoms with Gasteiger partial charge in [-0.1, -0.05) is 0 Å². The molecule has 2 rings (SSSR count). The summed E-state index contributed by atoms with van der Waals surface area (Å²) in [6, 6.07) is 1.29. The van der Waals surface area contributed by atoms with E-state index in [0.29, 0.717) is 31.7 Å². The number of nitrogens with zero attached hydrogens (tertiary/aromatic N) is 2. The number of likely N-dealkylation sites (N-methyl/N-ethyl adjacent to an activating group) is 1. The van der Waals surface area contributed by atoms with Gasteiger partial charge in [-0.3, -0.25) is 19.4 Å². The van der Waals surface area contributed by atoms with Crippen LogP contribution >= 0.6 is 0 Å². The Balaban J connectivity index is 1.73. The van der Waals surface area contributed by atoms with Crippen molar-refractivity contribution in [3.05, 3.63) is 0 Å². The lowest BCUT2D eigenvalue weighted by molar-refractivity contribution is -0.144. The van der Waals surface area contributed by atoms with Crippen LogP contribution in [0.15, 0.2) is 0 Å². The van der Waals surface area contributed by atoms with Crippen molar-refractivity contribution in [3.8, 4) is 0 Å². The molecule has 0 spiro atoms. The quantitative estimate of drug-likeness (QED) is 0.682. The number of carbonyl (C=O) groups excluding carboxylic acids is 2. The lowest BCUT2D eigenvalue weighted by atomic mass is 10.1. The third-order valence-corrected chi connectivity index (χ3v) is 4.55. The second-order valence-electron chi connectivity index (χ2n) is 5.92. The van der Waals surface area contributed by atoms with Gasteiger partial charge in [0, 0.05) is 31.6 Å². The second kappa shape index (κ2) is 7.18. The fourth-order valence-electron chi connectivity index (χ4n) is 3.33. The highest BCUT2D eigenvalue weighted by Gasteiger charge is 2.34. The summed E-state index contributed by atoms with van der Waals surface area (Å²) in [5.74, 6) is -0.117. The molecule has 2 saturated heterocycles. The lowest BCUT2D eigenvalue weighted by Crippen LogP contribution is -2.38. The van der Waals surface area contributed by atoms with E-state index in [1.54, 1.807) is 6.92 Å². The van der Waals surface area contributed by atoms with Gasteiger partial charge in [-0.2, -0.15) is 0 Å². The van der Waals surface area contributed by atoms with Crippen LogP contribution in [0.5, 0.6) is 0 Å². The highest BCUT2D eigenvalue weighted by atomic mass is 16.5. The Morgan fingerprint density at radius 1 is 1.15 bits per heavy atom. The minimum Gasteiger partial charge on any atom is -0.466 e. The van der Waals surface area contributed by atoms with Gasteiger partial charge < -0.3 is 4.74 Å². The molecule has 2 aliphatic heterocycles. The van der Waals surface area contributed by atoms with Gasteiger partial charge in [0.2, 0.25) is 0 Å². The van der Waals surface area contributed by atoms with Crippen LogP contribution < -0.4 is 0 Å². The minimum absolute atomic E-state index is 0.151. The van der Waals surface area contributed by atoms with Crippen molar-refractivity contribution in [1.82, 2.24) is 9.80 Å². The van der Waals surface area contributed by atoms with Crippen LogP contribution in [0.3, 0.4) is 0 Å². The number of rotatable bonds is 6. The van der Waals surface area contributed by atoms with Gasteiger partial charge in [-0.15, -0.1) is 0 Å². The lowest BCUT2D eigenvalue weighted by Gasteiger charge is -2.25. The maximum atomic E-state index is 12.0. The number of likely N-dealkylation sites (tertiary alicyclic amines) is 1. The number of ketones is 1. The average molecular weight is 282 g/mol. The molecule has 0 amide bonds.